The predicted molar refractivity (Wildman–Crippen MR) is 99.9 cm³/mol. The van der Waals surface area contributed by atoms with Crippen LogP contribution in [0.1, 0.15) is 38.5 Å². The maximum absolute atomic E-state index is 12.5. The van der Waals surface area contributed by atoms with Gasteiger partial charge in [-0.15, -0.1) is 24.0 Å². The minimum absolute atomic E-state index is 0. The van der Waals surface area contributed by atoms with Crippen molar-refractivity contribution in [1.82, 2.24) is 15.1 Å². The Morgan fingerprint density at radius 3 is 2.54 bits per heavy atom. The van der Waals surface area contributed by atoms with Crippen LogP contribution in [0.5, 0.6) is 0 Å². The molecule has 8 heteroatoms. The number of guanidine groups is 1. The Hall–Kier alpha value is -0.250. The Bertz CT molecular complexity index is 449. The molecule has 0 aromatic heterocycles. The highest BCUT2D eigenvalue weighted by atomic mass is 127. The predicted octanol–water partition coefficient (Wildman–Crippen LogP) is 3.08. The Morgan fingerprint density at radius 2 is 1.92 bits per heavy atom. The summed E-state index contributed by atoms with van der Waals surface area (Å²) in [6.07, 6.45) is 3.13. The van der Waals surface area contributed by atoms with Crippen LogP contribution in [0.2, 0.25) is 0 Å². The normalized spacial score (nSPS) is 27.8. The molecule has 3 fully saturated rings. The summed E-state index contributed by atoms with van der Waals surface area (Å²) < 4.78 is 37.5. The average molecular weight is 460 g/mol. The lowest BCUT2D eigenvalue weighted by atomic mass is 9.86. The van der Waals surface area contributed by atoms with Gasteiger partial charge in [0.05, 0.1) is 6.54 Å². The third kappa shape index (κ3) is 4.89. The zero-order chi connectivity index (χ0) is 16.5. The van der Waals surface area contributed by atoms with Crippen LogP contribution in [0, 0.1) is 5.41 Å². The maximum Gasteiger partial charge on any atom is 0.401 e. The highest BCUT2D eigenvalue weighted by molar-refractivity contribution is 14.0. The van der Waals surface area contributed by atoms with Crippen LogP contribution >= 0.6 is 24.0 Å². The minimum Gasteiger partial charge on any atom is -0.352 e. The first-order valence-corrected chi connectivity index (χ1v) is 8.67. The molecule has 1 spiro atoms. The van der Waals surface area contributed by atoms with E-state index in [1.54, 1.807) is 7.05 Å². The van der Waals surface area contributed by atoms with E-state index in [4.69, 9.17) is 0 Å². The number of nitrogens with zero attached hydrogens (tertiary/aromatic N) is 3. The van der Waals surface area contributed by atoms with Gasteiger partial charge in [0.25, 0.3) is 0 Å². The van der Waals surface area contributed by atoms with Gasteiger partial charge in [0, 0.05) is 39.3 Å². The van der Waals surface area contributed by atoms with Crippen molar-refractivity contribution in [2.24, 2.45) is 10.4 Å². The Morgan fingerprint density at radius 1 is 1.21 bits per heavy atom. The first kappa shape index (κ1) is 20.1. The second-order valence-corrected chi connectivity index (χ2v) is 7.41. The van der Waals surface area contributed by atoms with E-state index in [1.807, 2.05) is 0 Å². The second kappa shape index (κ2) is 7.97. The molecule has 0 amide bonds. The number of rotatable bonds is 2. The van der Waals surface area contributed by atoms with Crippen molar-refractivity contribution in [2.45, 2.75) is 50.7 Å². The molecule has 0 aromatic rings. The first-order chi connectivity index (χ1) is 10.9. The molecule has 2 heterocycles. The van der Waals surface area contributed by atoms with E-state index >= 15 is 0 Å². The molecule has 0 radical (unpaired) electrons. The summed E-state index contributed by atoms with van der Waals surface area (Å²) in [5, 5.41) is 3.40. The Balaban J connectivity index is 0.00000208. The van der Waals surface area contributed by atoms with Gasteiger partial charge in [0.1, 0.15) is 0 Å². The molecule has 2 saturated heterocycles. The molecule has 1 aliphatic carbocycles. The van der Waals surface area contributed by atoms with Gasteiger partial charge >= 0.3 is 6.18 Å². The van der Waals surface area contributed by atoms with Crippen molar-refractivity contribution in [3.63, 3.8) is 0 Å². The second-order valence-electron chi connectivity index (χ2n) is 7.41. The highest BCUT2D eigenvalue weighted by Crippen LogP contribution is 2.45. The molecule has 0 bridgehead atoms. The monoisotopic (exact) mass is 460 g/mol. The molecule has 3 rings (SSSR count). The third-order valence-corrected chi connectivity index (χ3v) is 5.62. The van der Waals surface area contributed by atoms with Crippen LogP contribution < -0.4 is 5.32 Å². The van der Waals surface area contributed by atoms with E-state index < -0.39 is 12.7 Å². The zero-order valence-electron chi connectivity index (χ0n) is 14.2. The molecule has 24 heavy (non-hydrogen) atoms. The van der Waals surface area contributed by atoms with E-state index in [9.17, 15) is 13.2 Å². The quantitative estimate of drug-likeness (QED) is 0.391. The maximum atomic E-state index is 12.5. The van der Waals surface area contributed by atoms with Crippen molar-refractivity contribution >= 4 is 29.9 Å². The van der Waals surface area contributed by atoms with E-state index in [0.29, 0.717) is 18.5 Å². The van der Waals surface area contributed by atoms with Crippen LogP contribution in [0.4, 0.5) is 13.2 Å². The molecular weight excluding hydrogens is 432 g/mol. The topological polar surface area (TPSA) is 30.9 Å². The van der Waals surface area contributed by atoms with Gasteiger partial charge in [-0.25, -0.2) is 0 Å². The van der Waals surface area contributed by atoms with Crippen LogP contribution in [-0.4, -0.2) is 67.7 Å². The number of likely N-dealkylation sites (tertiary alicyclic amines) is 2. The van der Waals surface area contributed by atoms with Crippen molar-refractivity contribution < 1.29 is 13.2 Å². The van der Waals surface area contributed by atoms with Crippen molar-refractivity contribution in [3.8, 4) is 0 Å². The van der Waals surface area contributed by atoms with Gasteiger partial charge in [-0.2, -0.15) is 13.2 Å². The van der Waals surface area contributed by atoms with Crippen molar-refractivity contribution in [3.05, 3.63) is 0 Å². The molecule has 1 N–H and O–H groups in total. The Labute approximate surface area is 159 Å². The number of hydrogen-bond donors (Lipinski definition) is 1. The van der Waals surface area contributed by atoms with E-state index in [0.717, 1.165) is 25.5 Å². The minimum atomic E-state index is -4.11. The molecule has 140 valence electrons. The first-order valence-electron chi connectivity index (χ1n) is 8.67. The lowest BCUT2D eigenvalue weighted by Gasteiger charge is -2.27. The molecule has 3 aliphatic rings. The zero-order valence-corrected chi connectivity index (χ0v) is 16.6. The van der Waals surface area contributed by atoms with E-state index in [1.165, 1.54) is 37.0 Å². The van der Waals surface area contributed by atoms with Gasteiger partial charge in [0.2, 0.25) is 0 Å². The fourth-order valence-corrected chi connectivity index (χ4v) is 4.48. The Kier molecular flexibility index (Phi) is 6.66. The van der Waals surface area contributed by atoms with Gasteiger partial charge in [0.15, 0.2) is 5.96 Å². The van der Waals surface area contributed by atoms with E-state index in [2.05, 4.69) is 15.2 Å². The number of hydrogen-bond acceptors (Lipinski definition) is 2. The molecule has 4 nitrogen and oxygen atoms in total. The van der Waals surface area contributed by atoms with Crippen LogP contribution in [0.25, 0.3) is 0 Å². The molecule has 2 aliphatic heterocycles. The average Bonchev–Trinajstić information content (AvgIpc) is 3.18. The lowest BCUT2D eigenvalue weighted by molar-refractivity contribution is -0.143. The molecule has 1 saturated carbocycles. The summed E-state index contributed by atoms with van der Waals surface area (Å²) >= 11 is 0. The van der Waals surface area contributed by atoms with Crippen LogP contribution in [0.3, 0.4) is 0 Å². The van der Waals surface area contributed by atoms with Gasteiger partial charge < -0.3 is 10.2 Å². The third-order valence-electron chi connectivity index (χ3n) is 5.62. The smallest absolute Gasteiger partial charge is 0.352 e. The summed E-state index contributed by atoms with van der Waals surface area (Å²) in [6, 6.07) is 0.0659. The SMILES string of the molecule is CN=C(NC1CCN(CC(F)(F)F)C1)N1CCC2(CCCC2)C1.I. The molecule has 1 atom stereocenters. The lowest BCUT2D eigenvalue weighted by Crippen LogP contribution is -2.47. The highest BCUT2D eigenvalue weighted by Gasteiger charge is 2.41. The number of alkyl halides is 3. The van der Waals surface area contributed by atoms with E-state index in [-0.39, 0.29) is 30.0 Å². The van der Waals surface area contributed by atoms with Gasteiger partial charge in [-0.05, 0) is 31.1 Å². The summed E-state index contributed by atoms with van der Waals surface area (Å²) in [4.78, 5) is 8.16. The van der Waals surface area contributed by atoms with Gasteiger partial charge in [-0.1, -0.05) is 12.8 Å². The fraction of sp³-hybridized carbons (Fsp3) is 0.938. The summed E-state index contributed by atoms with van der Waals surface area (Å²) in [5.74, 6) is 0.868. The van der Waals surface area contributed by atoms with Crippen molar-refractivity contribution in [2.75, 3.05) is 39.8 Å². The largest absolute Gasteiger partial charge is 0.401 e. The van der Waals surface area contributed by atoms with Crippen molar-refractivity contribution in [1.29, 1.82) is 0 Å². The summed E-state index contributed by atoms with van der Waals surface area (Å²) in [5.41, 5.74) is 0.468. The molecule has 1 unspecified atom stereocenters. The number of halogens is 4. The fourth-order valence-electron chi connectivity index (χ4n) is 4.48. The molecular formula is C16H28F3IN4. The van der Waals surface area contributed by atoms with Crippen LogP contribution in [-0.2, 0) is 0 Å². The standard InChI is InChI=1S/C16H27F3N4.HI/c1-20-14(23-9-7-15(11-23)5-2-3-6-15)21-13-4-8-22(10-13)12-16(17,18)19;/h13H,2-12H2,1H3,(H,20,21);1H. The number of nitrogens with one attached hydrogen (secondary N) is 1. The summed E-state index contributed by atoms with van der Waals surface area (Å²) in [7, 11) is 1.77. The molecule has 0 aromatic carbocycles. The van der Waals surface area contributed by atoms with Gasteiger partial charge in [-0.3, -0.25) is 9.89 Å². The van der Waals surface area contributed by atoms with Crippen LogP contribution in [0.15, 0.2) is 4.99 Å². The number of aliphatic imine (C=N–C) groups is 1. The summed E-state index contributed by atoms with van der Waals surface area (Å²) in [6.45, 7) is 2.19.